The van der Waals surface area contributed by atoms with Gasteiger partial charge in [0.1, 0.15) is 0 Å². The van der Waals surface area contributed by atoms with Gasteiger partial charge in [0.2, 0.25) is 0 Å². The first-order chi connectivity index (χ1) is 21.4. The summed E-state index contributed by atoms with van der Waals surface area (Å²) in [7, 11) is 0. The molecule has 0 atom stereocenters. The Balaban J connectivity index is 1.13. The summed E-state index contributed by atoms with van der Waals surface area (Å²) in [6.07, 6.45) is 0.569. The van der Waals surface area contributed by atoms with Gasteiger partial charge in [0.15, 0.2) is 0 Å². The molecule has 44 heavy (non-hydrogen) atoms. The van der Waals surface area contributed by atoms with Gasteiger partial charge < -0.3 is 15.5 Å². The minimum atomic E-state index is -1.17. The first-order valence-corrected chi connectivity index (χ1v) is 14.0. The van der Waals surface area contributed by atoms with Crippen LogP contribution in [0.25, 0.3) is 22.3 Å². The average molecular weight is 587 g/mol. The maximum Gasteiger partial charge on any atom is 0.337 e. The van der Waals surface area contributed by atoms with Crippen LogP contribution in [0.5, 0.6) is 0 Å². The van der Waals surface area contributed by atoms with Gasteiger partial charge in [0, 0.05) is 6.54 Å². The van der Waals surface area contributed by atoms with E-state index < -0.39 is 17.8 Å². The number of amides is 1. The number of carboxylic acids is 2. The maximum absolute atomic E-state index is 12.9. The second kappa shape index (κ2) is 14.0. The quantitative estimate of drug-likeness (QED) is 0.0923. The van der Waals surface area contributed by atoms with E-state index >= 15 is 0 Å². The van der Waals surface area contributed by atoms with Crippen molar-refractivity contribution in [3.63, 3.8) is 0 Å². The van der Waals surface area contributed by atoms with E-state index in [0.717, 1.165) is 33.4 Å². The highest BCUT2D eigenvalue weighted by Crippen LogP contribution is 2.26. The van der Waals surface area contributed by atoms with Gasteiger partial charge in [-0.15, -0.1) is 0 Å². The molecule has 5 rings (SSSR count). The van der Waals surface area contributed by atoms with E-state index in [1.165, 1.54) is 12.1 Å². The Hall–Kier alpha value is -5.73. The molecule has 0 aromatic heterocycles. The van der Waals surface area contributed by atoms with Crippen molar-refractivity contribution < 1.29 is 29.4 Å². The lowest BCUT2D eigenvalue weighted by Crippen LogP contribution is -2.25. The Bertz CT molecular complexity index is 1770. The van der Waals surface area contributed by atoms with E-state index in [-0.39, 0.29) is 23.2 Å². The molecule has 1 amide bonds. The van der Waals surface area contributed by atoms with Crippen LogP contribution in [0.3, 0.4) is 0 Å². The molecular weight excluding hydrogens is 556 g/mol. The number of carbonyl (C=O) groups excluding carboxylic acids is 1. The average Bonchev–Trinajstić information content (AvgIpc) is 3.06. The second-order valence-electron chi connectivity index (χ2n) is 10.1. The topological polar surface area (TPSA) is 125 Å². The zero-order valence-electron chi connectivity index (χ0n) is 23.7. The number of hydrogen-bond acceptors (Lipinski definition) is 5. The lowest BCUT2D eigenvalue weighted by atomic mass is 9.98. The fourth-order valence-electron chi connectivity index (χ4n) is 4.75. The third-order valence-corrected chi connectivity index (χ3v) is 7.11. The lowest BCUT2D eigenvalue weighted by molar-refractivity contribution is 0.0684. The number of aromatic carboxylic acids is 2. The molecule has 5 aromatic carbocycles. The molecule has 0 fully saturated rings. The van der Waals surface area contributed by atoms with Gasteiger partial charge >= 0.3 is 11.9 Å². The molecule has 0 saturated carbocycles. The van der Waals surface area contributed by atoms with E-state index in [2.05, 4.69) is 10.8 Å². The smallest absolute Gasteiger partial charge is 0.337 e. The summed E-state index contributed by atoms with van der Waals surface area (Å²) in [6.45, 7) is 0.528. The van der Waals surface area contributed by atoms with Crippen molar-refractivity contribution in [1.29, 1.82) is 0 Å². The summed E-state index contributed by atoms with van der Waals surface area (Å²) in [5.41, 5.74) is 8.42. The predicted molar refractivity (Wildman–Crippen MR) is 169 cm³/mol. The zero-order valence-corrected chi connectivity index (χ0v) is 23.7. The van der Waals surface area contributed by atoms with Crippen LogP contribution in [0.2, 0.25) is 0 Å². The van der Waals surface area contributed by atoms with E-state index in [9.17, 15) is 24.6 Å². The Labute approximate surface area is 254 Å². The van der Waals surface area contributed by atoms with E-state index in [0.29, 0.717) is 18.7 Å². The summed E-state index contributed by atoms with van der Waals surface area (Å²) in [4.78, 5) is 42.2. The van der Waals surface area contributed by atoms with Crippen LogP contribution in [-0.2, 0) is 17.8 Å². The normalized spacial score (nSPS) is 10.6. The molecule has 8 heteroatoms. The molecule has 220 valence electrons. The summed E-state index contributed by atoms with van der Waals surface area (Å²) in [6, 6.07) is 36.5. The highest BCUT2D eigenvalue weighted by atomic mass is 16.6. The van der Waals surface area contributed by atoms with E-state index in [1.54, 1.807) is 18.2 Å². The van der Waals surface area contributed by atoms with Crippen LogP contribution in [0.4, 0.5) is 5.69 Å². The van der Waals surface area contributed by atoms with Crippen LogP contribution < -0.4 is 10.8 Å². The SMILES string of the molecule is O=C(O)c1cc(-c2ccccc2)ccc1NOCCc1ccc(CNC(=O)c2ccc(-c3ccccc3)cc2C(=O)O)cc1. The minimum Gasteiger partial charge on any atom is -0.478 e. The molecule has 4 N–H and O–H groups in total. The third kappa shape index (κ3) is 7.36. The monoisotopic (exact) mass is 586 g/mol. The molecule has 8 nitrogen and oxygen atoms in total. The summed E-state index contributed by atoms with van der Waals surface area (Å²) in [5, 5.41) is 22.2. The van der Waals surface area contributed by atoms with Crippen molar-refractivity contribution in [2.24, 2.45) is 0 Å². The van der Waals surface area contributed by atoms with Gasteiger partial charge in [-0.3, -0.25) is 15.1 Å². The Morgan fingerprint density at radius 1 is 0.568 bits per heavy atom. The van der Waals surface area contributed by atoms with Gasteiger partial charge in [-0.25, -0.2) is 9.59 Å². The zero-order chi connectivity index (χ0) is 30.9. The maximum atomic E-state index is 12.9. The van der Waals surface area contributed by atoms with Gasteiger partial charge in [0.25, 0.3) is 5.91 Å². The van der Waals surface area contributed by atoms with Crippen molar-refractivity contribution in [1.82, 2.24) is 5.32 Å². The molecule has 5 aromatic rings. The predicted octanol–water partition coefficient (Wildman–Crippen LogP) is 6.93. The number of hydrogen-bond donors (Lipinski definition) is 4. The first kappa shape index (κ1) is 29.8. The number of carbonyl (C=O) groups is 3. The van der Waals surface area contributed by atoms with Crippen LogP contribution in [0, 0.1) is 0 Å². The van der Waals surface area contributed by atoms with Crippen LogP contribution in [0.1, 0.15) is 42.2 Å². The van der Waals surface area contributed by atoms with Crippen molar-refractivity contribution in [3.05, 3.63) is 149 Å². The van der Waals surface area contributed by atoms with Gasteiger partial charge in [0.05, 0.1) is 29.0 Å². The van der Waals surface area contributed by atoms with Gasteiger partial charge in [-0.2, -0.15) is 0 Å². The lowest BCUT2D eigenvalue weighted by Gasteiger charge is -2.12. The van der Waals surface area contributed by atoms with Gasteiger partial charge in [-0.05, 0) is 64.1 Å². The minimum absolute atomic E-state index is 0.0598. The van der Waals surface area contributed by atoms with Crippen LogP contribution in [0.15, 0.2) is 121 Å². The number of benzene rings is 5. The van der Waals surface area contributed by atoms with Crippen molar-refractivity contribution in [3.8, 4) is 22.3 Å². The van der Waals surface area contributed by atoms with Crippen LogP contribution >= 0.6 is 0 Å². The number of rotatable bonds is 12. The molecule has 0 unspecified atom stereocenters. The summed E-state index contributed by atoms with van der Waals surface area (Å²) >= 11 is 0. The van der Waals surface area contributed by atoms with E-state index in [1.807, 2.05) is 91.0 Å². The molecule has 0 heterocycles. The number of carboxylic acid groups (broad SMARTS) is 2. The van der Waals surface area contributed by atoms with Crippen molar-refractivity contribution in [2.45, 2.75) is 13.0 Å². The molecule has 0 radical (unpaired) electrons. The van der Waals surface area contributed by atoms with Crippen LogP contribution in [-0.4, -0.2) is 34.7 Å². The molecule has 0 saturated heterocycles. The molecule has 0 aliphatic carbocycles. The second-order valence-corrected chi connectivity index (χ2v) is 10.1. The Kier molecular flexibility index (Phi) is 9.44. The summed E-state index contributed by atoms with van der Waals surface area (Å²) in [5.74, 6) is -2.69. The molecule has 0 aliphatic heterocycles. The number of nitrogens with one attached hydrogen (secondary N) is 2. The molecule has 0 aliphatic rings. The molecule has 0 bridgehead atoms. The third-order valence-electron chi connectivity index (χ3n) is 7.11. The van der Waals surface area contributed by atoms with Crippen molar-refractivity contribution in [2.75, 3.05) is 12.1 Å². The standard InChI is InChI=1S/C36H30N2O6/c39-34(30-17-15-28(21-31(30)35(40)41)26-7-3-1-4-8-26)37-23-25-13-11-24(12-14-25)19-20-44-38-33-18-16-29(22-32(33)36(42)43)27-9-5-2-6-10-27/h1-18,21-22,38H,19-20,23H2,(H,37,39)(H,40,41)(H,42,43). The highest BCUT2D eigenvalue weighted by molar-refractivity contribution is 6.05. The van der Waals surface area contributed by atoms with Crippen molar-refractivity contribution >= 4 is 23.5 Å². The van der Waals surface area contributed by atoms with E-state index in [4.69, 9.17) is 4.84 Å². The Morgan fingerprint density at radius 2 is 1.11 bits per heavy atom. The summed E-state index contributed by atoms with van der Waals surface area (Å²) < 4.78 is 0. The largest absolute Gasteiger partial charge is 0.478 e. The molecular formula is C36H30N2O6. The Morgan fingerprint density at radius 3 is 1.70 bits per heavy atom. The fourth-order valence-corrected chi connectivity index (χ4v) is 4.75. The number of anilines is 1. The first-order valence-electron chi connectivity index (χ1n) is 14.0. The highest BCUT2D eigenvalue weighted by Gasteiger charge is 2.18. The fraction of sp³-hybridized carbons (Fsp3) is 0.0833. The molecule has 0 spiro atoms. The van der Waals surface area contributed by atoms with Gasteiger partial charge in [-0.1, -0.05) is 97.1 Å².